The van der Waals surface area contributed by atoms with Crippen molar-refractivity contribution < 1.29 is 0 Å². The van der Waals surface area contributed by atoms with E-state index in [0.29, 0.717) is 5.92 Å². The monoisotopic (exact) mass is 307 g/mol. The molecule has 0 saturated heterocycles. The van der Waals surface area contributed by atoms with Crippen LogP contribution < -0.4 is 4.90 Å². The molecule has 0 amide bonds. The second-order valence-electron chi connectivity index (χ2n) is 8.07. The van der Waals surface area contributed by atoms with Crippen molar-refractivity contribution in [2.45, 2.75) is 44.9 Å². The molecule has 2 aromatic rings. The van der Waals surface area contributed by atoms with Crippen LogP contribution in [0.15, 0.2) is 30.6 Å². The molecule has 3 nitrogen and oxygen atoms in total. The van der Waals surface area contributed by atoms with Gasteiger partial charge in [0.15, 0.2) is 0 Å². The van der Waals surface area contributed by atoms with E-state index in [2.05, 4.69) is 69.0 Å². The Morgan fingerprint density at radius 1 is 1.04 bits per heavy atom. The molecule has 1 fully saturated rings. The molecule has 1 saturated carbocycles. The van der Waals surface area contributed by atoms with Gasteiger partial charge in [0.05, 0.1) is 11.4 Å². The smallest absolute Gasteiger partial charge is 0.116 e. The van der Waals surface area contributed by atoms with Crippen molar-refractivity contribution in [1.82, 2.24) is 9.97 Å². The fourth-order valence-electron chi connectivity index (χ4n) is 4.74. The number of anilines is 1. The first-order valence-corrected chi connectivity index (χ1v) is 8.49. The lowest BCUT2D eigenvalue weighted by Crippen LogP contribution is -2.31. The highest BCUT2D eigenvalue weighted by Gasteiger charge is 2.61. The molecule has 2 bridgehead atoms. The van der Waals surface area contributed by atoms with Gasteiger partial charge in [0, 0.05) is 36.3 Å². The summed E-state index contributed by atoms with van der Waals surface area (Å²) in [7, 11) is 4.14. The zero-order valence-corrected chi connectivity index (χ0v) is 14.7. The van der Waals surface area contributed by atoms with E-state index >= 15 is 0 Å². The average molecular weight is 307 g/mol. The fourth-order valence-corrected chi connectivity index (χ4v) is 4.74. The van der Waals surface area contributed by atoms with Crippen molar-refractivity contribution in [2.24, 2.45) is 5.41 Å². The van der Waals surface area contributed by atoms with Crippen LogP contribution >= 0.6 is 0 Å². The molecular weight excluding hydrogens is 282 g/mol. The van der Waals surface area contributed by atoms with E-state index < -0.39 is 0 Å². The summed E-state index contributed by atoms with van der Waals surface area (Å²) in [5.74, 6) is 0.576. The summed E-state index contributed by atoms with van der Waals surface area (Å²) in [6, 6.07) is 8.73. The topological polar surface area (TPSA) is 29.0 Å². The summed E-state index contributed by atoms with van der Waals surface area (Å²) in [6.07, 6.45) is 4.26. The Balaban J connectivity index is 1.87. The maximum atomic E-state index is 4.72. The van der Waals surface area contributed by atoms with Crippen molar-refractivity contribution in [2.75, 3.05) is 19.0 Å². The lowest BCUT2D eigenvalue weighted by atomic mass is 9.70. The number of hydrogen-bond acceptors (Lipinski definition) is 3. The van der Waals surface area contributed by atoms with Crippen LogP contribution in [0.4, 0.5) is 5.69 Å². The predicted octanol–water partition coefficient (Wildman–Crippen LogP) is 4.38. The van der Waals surface area contributed by atoms with Crippen LogP contribution in [0.3, 0.4) is 0 Å². The van der Waals surface area contributed by atoms with E-state index in [1.165, 1.54) is 35.3 Å². The normalized spacial score (nSPS) is 27.1. The lowest BCUT2D eigenvalue weighted by Gasteiger charge is -2.34. The number of nitrogens with zero attached hydrogens (tertiary/aromatic N) is 3. The second kappa shape index (κ2) is 4.56. The molecule has 2 aliphatic carbocycles. The van der Waals surface area contributed by atoms with Crippen LogP contribution in [0, 0.1) is 5.41 Å². The van der Waals surface area contributed by atoms with E-state index in [9.17, 15) is 0 Å². The van der Waals surface area contributed by atoms with Gasteiger partial charge >= 0.3 is 0 Å². The highest BCUT2D eigenvalue weighted by molar-refractivity contribution is 5.70. The standard InChI is InChI=1S/C20H25N3/c1-19(2)15-10-11-20(19,3)18-16(15)17(21-12-22-18)13-6-8-14(9-7-13)23(4)5/h6-9,12,15H,10-11H2,1-5H3. The van der Waals surface area contributed by atoms with Crippen LogP contribution in [0.2, 0.25) is 0 Å². The SMILES string of the molecule is CN(C)c1ccc(-c2ncnc3c2C2CCC3(C)C2(C)C)cc1. The van der Waals surface area contributed by atoms with Gasteiger partial charge in [-0.2, -0.15) is 0 Å². The van der Waals surface area contributed by atoms with E-state index in [4.69, 9.17) is 4.98 Å². The molecule has 0 radical (unpaired) electrons. The summed E-state index contributed by atoms with van der Waals surface area (Å²) >= 11 is 0. The minimum Gasteiger partial charge on any atom is -0.378 e. The molecule has 0 N–H and O–H groups in total. The van der Waals surface area contributed by atoms with Crippen LogP contribution in [0.5, 0.6) is 0 Å². The third-order valence-electron chi connectivity index (χ3n) is 6.64. The Hall–Kier alpha value is -1.90. The molecule has 2 atom stereocenters. The minimum atomic E-state index is 0.189. The molecule has 3 heteroatoms. The molecular formula is C20H25N3. The quantitative estimate of drug-likeness (QED) is 0.824. The van der Waals surface area contributed by atoms with Gasteiger partial charge < -0.3 is 4.90 Å². The molecule has 2 aliphatic rings. The summed E-state index contributed by atoms with van der Waals surface area (Å²) in [5, 5.41) is 0. The van der Waals surface area contributed by atoms with Crippen molar-refractivity contribution in [3.63, 3.8) is 0 Å². The summed E-state index contributed by atoms with van der Waals surface area (Å²) in [6.45, 7) is 7.21. The van der Waals surface area contributed by atoms with Gasteiger partial charge in [-0.3, -0.25) is 0 Å². The largest absolute Gasteiger partial charge is 0.378 e. The van der Waals surface area contributed by atoms with Gasteiger partial charge in [-0.25, -0.2) is 9.97 Å². The molecule has 1 aromatic heterocycles. The van der Waals surface area contributed by atoms with Crippen molar-refractivity contribution in [3.05, 3.63) is 41.9 Å². The van der Waals surface area contributed by atoms with Gasteiger partial charge in [-0.1, -0.05) is 32.9 Å². The number of benzene rings is 1. The van der Waals surface area contributed by atoms with Crippen LogP contribution in [0.25, 0.3) is 11.3 Å². The van der Waals surface area contributed by atoms with Gasteiger partial charge in [0.25, 0.3) is 0 Å². The van der Waals surface area contributed by atoms with Crippen LogP contribution in [-0.2, 0) is 5.41 Å². The number of aromatic nitrogens is 2. The molecule has 1 aromatic carbocycles. The van der Waals surface area contributed by atoms with E-state index in [1.807, 2.05) is 0 Å². The maximum absolute atomic E-state index is 4.72. The first-order chi connectivity index (χ1) is 10.9. The zero-order chi connectivity index (χ0) is 16.4. The van der Waals surface area contributed by atoms with Gasteiger partial charge in [0.2, 0.25) is 0 Å². The van der Waals surface area contributed by atoms with E-state index in [-0.39, 0.29) is 10.8 Å². The van der Waals surface area contributed by atoms with Crippen molar-refractivity contribution >= 4 is 5.69 Å². The zero-order valence-electron chi connectivity index (χ0n) is 14.7. The Kier molecular flexibility index (Phi) is 2.91. The maximum Gasteiger partial charge on any atom is 0.116 e. The Morgan fingerprint density at radius 2 is 1.74 bits per heavy atom. The van der Waals surface area contributed by atoms with Crippen LogP contribution in [0.1, 0.15) is 50.8 Å². The molecule has 4 rings (SSSR count). The number of hydrogen-bond donors (Lipinski definition) is 0. The number of rotatable bonds is 2. The molecule has 1 heterocycles. The fraction of sp³-hybridized carbons (Fsp3) is 0.500. The average Bonchev–Trinajstić information content (AvgIpc) is 2.87. The number of fused-ring (bicyclic) bond motifs is 5. The van der Waals surface area contributed by atoms with Crippen molar-refractivity contribution in [3.8, 4) is 11.3 Å². The third kappa shape index (κ3) is 1.76. The van der Waals surface area contributed by atoms with Gasteiger partial charge in [-0.15, -0.1) is 0 Å². The highest BCUT2D eigenvalue weighted by Crippen LogP contribution is 2.68. The third-order valence-corrected chi connectivity index (χ3v) is 6.64. The molecule has 2 unspecified atom stereocenters. The van der Waals surface area contributed by atoms with Crippen molar-refractivity contribution in [1.29, 1.82) is 0 Å². The molecule has 0 aliphatic heterocycles. The molecule has 0 spiro atoms. The van der Waals surface area contributed by atoms with Crippen LogP contribution in [-0.4, -0.2) is 24.1 Å². The van der Waals surface area contributed by atoms with Gasteiger partial charge in [0.1, 0.15) is 6.33 Å². The highest BCUT2D eigenvalue weighted by atomic mass is 15.1. The second-order valence-corrected chi connectivity index (χ2v) is 8.07. The van der Waals surface area contributed by atoms with E-state index in [1.54, 1.807) is 6.33 Å². The summed E-state index contributed by atoms with van der Waals surface area (Å²) < 4.78 is 0. The first-order valence-electron chi connectivity index (χ1n) is 8.49. The minimum absolute atomic E-state index is 0.189. The lowest BCUT2D eigenvalue weighted by molar-refractivity contribution is 0.227. The van der Waals surface area contributed by atoms with E-state index in [0.717, 1.165) is 5.69 Å². The van der Waals surface area contributed by atoms with Gasteiger partial charge in [-0.05, 0) is 36.3 Å². The summed E-state index contributed by atoms with van der Waals surface area (Å²) in [4.78, 5) is 11.5. The predicted molar refractivity (Wildman–Crippen MR) is 94.9 cm³/mol. The molecule has 23 heavy (non-hydrogen) atoms. The first kappa shape index (κ1) is 14.7. The Morgan fingerprint density at radius 3 is 2.39 bits per heavy atom. The Bertz CT molecular complexity index is 761. The summed E-state index contributed by atoms with van der Waals surface area (Å²) in [5.41, 5.74) is 6.72. The molecule has 120 valence electrons. The Labute approximate surface area is 138 Å².